The van der Waals surface area contributed by atoms with Gasteiger partial charge in [-0.2, -0.15) is 5.06 Å². The van der Waals surface area contributed by atoms with Crippen LogP contribution in [0.3, 0.4) is 0 Å². The molecule has 1 fully saturated rings. The van der Waals surface area contributed by atoms with Crippen LogP contribution >= 0.6 is 11.8 Å². The van der Waals surface area contributed by atoms with Gasteiger partial charge in [0.05, 0.1) is 25.1 Å². The fourth-order valence-corrected chi connectivity index (χ4v) is 4.82. The predicted octanol–water partition coefficient (Wildman–Crippen LogP) is 4.52. The van der Waals surface area contributed by atoms with Crippen LogP contribution in [0.15, 0.2) is 72.1 Å². The molecule has 6 heteroatoms. The Hall–Kier alpha value is -2.28. The molecule has 29 heavy (non-hydrogen) atoms. The van der Waals surface area contributed by atoms with E-state index in [-0.39, 0.29) is 11.6 Å². The zero-order valence-electron chi connectivity index (χ0n) is 17.1. The van der Waals surface area contributed by atoms with E-state index in [0.29, 0.717) is 0 Å². The van der Waals surface area contributed by atoms with E-state index in [2.05, 4.69) is 52.9 Å². The van der Waals surface area contributed by atoms with E-state index in [1.807, 2.05) is 54.7 Å². The number of hydrogen-bond donors (Lipinski definition) is 0. The summed E-state index contributed by atoms with van der Waals surface area (Å²) >= 11 is 1.84. The molecular formula is C23H27N3O2S. The molecule has 1 saturated heterocycles. The standard InChI is InChI=1S/C23H27N3O2S/c1-18-7-9-22(10-8-18)29-15-21-14-23(25(2)28-21,16-26-12-11-24-17-26)19-5-4-6-20(13-19)27-3/h4-13,17,21H,14-16H2,1-3H3. The Labute approximate surface area is 176 Å². The number of hydroxylamine groups is 2. The fraction of sp³-hybridized carbons (Fsp3) is 0.348. The smallest absolute Gasteiger partial charge is 0.119 e. The number of ether oxygens (including phenoxy) is 1. The van der Waals surface area contributed by atoms with Crippen molar-refractivity contribution in [3.8, 4) is 5.75 Å². The van der Waals surface area contributed by atoms with Gasteiger partial charge in [-0.3, -0.25) is 4.84 Å². The Morgan fingerprint density at radius 3 is 2.79 bits per heavy atom. The van der Waals surface area contributed by atoms with Crippen molar-refractivity contribution in [1.29, 1.82) is 0 Å². The molecule has 2 unspecified atom stereocenters. The first-order chi connectivity index (χ1) is 14.1. The molecule has 0 radical (unpaired) electrons. The average molecular weight is 410 g/mol. The molecule has 0 spiro atoms. The van der Waals surface area contributed by atoms with Crippen molar-refractivity contribution in [1.82, 2.24) is 14.6 Å². The molecule has 0 aliphatic carbocycles. The highest BCUT2D eigenvalue weighted by molar-refractivity contribution is 7.99. The Bertz CT molecular complexity index is 930. The number of nitrogens with zero attached hydrogens (tertiary/aromatic N) is 3. The molecule has 152 valence electrons. The number of hydrogen-bond acceptors (Lipinski definition) is 5. The van der Waals surface area contributed by atoms with Gasteiger partial charge in [-0.25, -0.2) is 4.98 Å². The van der Waals surface area contributed by atoms with Gasteiger partial charge in [0.2, 0.25) is 0 Å². The van der Waals surface area contributed by atoms with E-state index < -0.39 is 0 Å². The summed E-state index contributed by atoms with van der Waals surface area (Å²) in [6, 6.07) is 17.0. The lowest BCUT2D eigenvalue weighted by molar-refractivity contribution is -0.170. The van der Waals surface area contributed by atoms with Gasteiger partial charge in [0, 0.05) is 43.1 Å². The van der Waals surface area contributed by atoms with Crippen molar-refractivity contribution in [3.05, 3.63) is 78.4 Å². The number of imidazole rings is 1. The maximum atomic E-state index is 6.34. The molecule has 3 aromatic rings. The van der Waals surface area contributed by atoms with Gasteiger partial charge < -0.3 is 9.30 Å². The molecule has 1 aliphatic rings. The predicted molar refractivity (Wildman–Crippen MR) is 116 cm³/mol. The Kier molecular flexibility index (Phi) is 5.94. The second kappa shape index (κ2) is 8.61. The maximum absolute atomic E-state index is 6.34. The van der Waals surface area contributed by atoms with Crippen LogP contribution < -0.4 is 4.74 Å². The second-order valence-corrected chi connectivity index (χ2v) is 8.65. The van der Waals surface area contributed by atoms with E-state index >= 15 is 0 Å². The van der Waals surface area contributed by atoms with Crippen molar-refractivity contribution < 1.29 is 9.57 Å². The fourth-order valence-electron chi connectivity index (χ4n) is 3.93. The minimum atomic E-state index is -0.284. The molecule has 0 amide bonds. The Morgan fingerprint density at radius 2 is 2.07 bits per heavy atom. The van der Waals surface area contributed by atoms with Crippen molar-refractivity contribution >= 4 is 11.8 Å². The SMILES string of the molecule is COc1cccc(C2(Cn3ccnc3)CC(CSc3ccc(C)cc3)ON2C)c1. The summed E-state index contributed by atoms with van der Waals surface area (Å²) in [7, 11) is 3.74. The number of methoxy groups -OCH3 is 1. The van der Waals surface area contributed by atoms with Gasteiger partial charge in [-0.15, -0.1) is 11.8 Å². The molecule has 0 N–H and O–H groups in total. The lowest BCUT2D eigenvalue weighted by atomic mass is 9.85. The molecule has 2 heterocycles. The Balaban J connectivity index is 1.57. The molecule has 5 nitrogen and oxygen atoms in total. The maximum Gasteiger partial charge on any atom is 0.119 e. The first kappa shape index (κ1) is 20.0. The second-order valence-electron chi connectivity index (χ2n) is 7.55. The van der Waals surface area contributed by atoms with Gasteiger partial charge in [0.1, 0.15) is 5.75 Å². The molecule has 4 rings (SSSR count). The highest BCUT2D eigenvalue weighted by Gasteiger charge is 2.47. The van der Waals surface area contributed by atoms with Crippen LogP contribution in [0.2, 0.25) is 0 Å². The Morgan fingerprint density at radius 1 is 1.24 bits per heavy atom. The van der Waals surface area contributed by atoms with Gasteiger partial charge >= 0.3 is 0 Å². The zero-order chi connectivity index (χ0) is 20.3. The molecule has 0 bridgehead atoms. The highest BCUT2D eigenvalue weighted by atomic mass is 32.2. The van der Waals surface area contributed by atoms with E-state index in [4.69, 9.17) is 9.57 Å². The highest BCUT2D eigenvalue weighted by Crippen LogP contribution is 2.43. The van der Waals surface area contributed by atoms with Crippen LogP contribution in [0.1, 0.15) is 17.5 Å². The first-order valence-corrected chi connectivity index (χ1v) is 10.8. The van der Waals surface area contributed by atoms with Crippen LogP contribution in [0, 0.1) is 6.92 Å². The van der Waals surface area contributed by atoms with Crippen LogP contribution in [0.25, 0.3) is 0 Å². The summed E-state index contributed by atoms with van der Waals surface area (Å²) in [4.78, 5) is 11.8. The van der Waals surface area contributed by atoms with Gasteiger partial charge in [0.15, 0.2) is 0 Å². The largest absolute Gasteiger partial charge is 0.497 e. The lowest BCUT2D eigenvalue weighted by Crippen LogP contribution is -2.41. The van der Waals surface area contributed by atoms with Crippen LogP contribution in [-0.2, 0) is 16.9 Å². The van der Waals surface area contributed by atoms with Gasteiger partial charge in [-0.1, -0.05) is 29.8 Å². The van der Waals surface area contributed by atoms with E-state index in [9.17, 15) is 0 Å². The van der Waals surface area contributed by atoms with Crippen LogP contribution in [0.5, 0.6) is 5.75 Å². The van der Waals surface area contributed by atoms with Crippen molar-refractivity contribution in [3.63, 3.8) is 0 Å². The number of rotatable bonds is 7. The number of benzene rings is 2. The molecule has 2 atom stereocenters. The number of aromatic nitrogens is 2. The van der Waals surface area contributed by atoms with E-state index in [1.165, 1.54) is 16.0 Å². The van der Waals surface area contributed by atoms with Gasteiger partial charge in [-0.05, 0) is 36.8 Å². The quantitative estimate of drug-likeness (QED) is 0.537. The first-order valence-electron chi connectivity index (χ1n) is 9.79. The summed E-state index contributed by atoms with van der Waals surface area (Å²) in [5, 5.41) is 2.03. The summed E-state index contributed by atoms with van der Waals surface area (Å²) in [6.07, 6.45) is 6.71. The van der Waals surface area contributed by atoms with Crippen molar-refractivity contribution in [2.75, 3.05) is 19.9 Å². The van der Waals surface area contributed by atoms with Crippen molar-refractivity contribution in [2.24, 2.45) is 0 Å². The normalized spacial score (nSPS) is 22.1. The molecular weight excluding hydrogens is 382 g/mol. The monoisotopic (exact) mass is 409 g/mol. The lowest BCUT2D eigenvalue weighted by Gasteiger charge is -2.35. The van der Waals surface area contributed by atoms with Crippen LogP contribution in [0.4, 0.5) is 0 Å². The summed E-state index contributed by atoms with van der Waals surface area (Å²) in [5.41, 5.74) is 2.19. The minimum absolute atomic E-state index is 0.126. The number of likely N-dealkylation sites (N-methyl/N-ethyl adjacent to an activating group) is 1. The van der Waals surface area contributed by atoms with E-state index in [1.54, 1.807) is 7.11 Å². The average Bonchev–Trinajstić information content (AvgIpc) is 3.36. The van der Waals surface area contributed by atoms with E-state index in [0.717, 1.165) is 24.5 Å². The van der Waals surface area contributed by atoms with Crippen molar-refractivity contribution in [2.45, 2.75) is 36.4 Å². The third kappa shape index (κ3) is 4.34. The molecule has 2 aromatic carbocycles. The minimum Gasteiger partial charge on any atom is -0.497 e. The zero-order valence-corrected chi connectivity index (χ0v) is 17.9. The van der Waals surface area contributed by atoms with Gasteiger partial charge in [0.25, 0.3) is 0 Å². The summed E-state index contributed by atoms with van der Waals surface area (Å²) in [6.45, 7) is 2.88. The molecule has 0 saturated carbocycles. The van der Waals surface area contributed by atoms with Crippen LogP contribution in [-0.4, -0.2) is 40.6 Å². The summed E-state index contributed by atoms with van der Waals surface area (Å²) < 4.78 is 7.61. The molecule has 1 aliphatic heterocycles. The third-order valence-electron chi connectivity index (χ3n) is 5.54. The number of aryl methyl sites for hydroxylation is 1. The summed E-state index contributed by atoms with van der Waals surface area (Å²) in [5.74, 6) is 1.77. The third-order valence-corrected chi connectivity index (χ3v) is 6.69. The number of thioether (sulfide) groups is 1. The topological polar surface area (TPSA) is 39.5 Å². The molecule has 1 aromatic heterocycles.